The van der Waals surface area contributed by atoms with Gasteiger partial charge in [-0.05, 0) is 56.8 Å². The van der Waals surface area contributed by atoms with E-state index >= 15 is 0 Å². The molecule has 23 heavy (non-hydrogen) atoms. The summed E-state index contributed by atoms with van der Waals surface area (Å²) in [5.41, 5.74) is 2.13. The van der Waals surface area contributed by atoms with E-state index < -0.39 is 0 Å². The van der Waals surface area contributed by atoms with Gasteiger partial charge in [0.15, 0.2) is 5.78 Å². The first-order valence-electron chi connectivity index (χ1n) is 8.96. The molecule has 1 saturated heterocycles. The van der Waals surface area contributed by atoms with Gasteiger partial charge in [-0.25, -0.2) is 0 Å². The minimum absolute atomic E-state index is 0.0625. The Morgan fingerprint density at radius 2 is 2.04 bits per heavy atom. The monoisotopic (exact) mass is 318 g/mol. The lowest BCUT2D eigenvalue weighted by Crippen LogP contribution is -2.11. The number of Topliss-reactive ketones (excluding diaryl/α,β-unsaturated/α-hetero) is 1. The molecule has 0 aromatic heterocycles. The Bertz CT molecular complexity index is 557. The van der Waals surface area contributed by atoms with Crippen LogP contribution in [0.15, 0.2) is 23.3 Å². The highest BCUT2D eigenvalue weighted by Gasteiger charge is 2.58. The highest BCUT2D eigenvalue weighted by molar-refractivity contribution is 5.96. The fraction of sp³-hybridized carbons (Fsp3) is 0.750. The van der Waals surface area contributed by atoms with Crippen LogP contribution < -0.4 is 0 Å². The Hall–Kier alpha value is -0.930. The predicted octanol–water partition coefficient (Wildman–Crippen LogP) is 3.81. The molecule has 2 unspecified atom stereocenters. The van der Waals surface area contributed by atoms with E-state index in [4.69, 9.17) is 4.74 Å². The average Bonchev–Trinajstić information content (AvgIpc) is 3.30. The Morgan fingerprint density at radius 1 is 1.30 bits per heavy atom. The van der Waals surface area contributed by atoms with Gasteiger partial charge in [0.2, 0.25) is 0 Å². The lowest BCUT2D eigenvalue weighted by molar-refractivity contribution is -0.115. The number of fused-ring (bicyclic) bond motifs is 2. The van der Waals surface area contributed by atoms with E-state index in [1.54, 1.807) is 0 Å². The van der Waals surface area contributed by atoms with Crippen molar-refractivity contribution in [2.45, 2.75) is 71.5 Å². The highest BCUT2D eigenvalue weighted by atomic mass is 16.6. The molecular weight excluding hydrogens is 288 g/mol. The molecule has 0 aromatic carbocycles. The Labute approximate surface area is 139 Å². The minimum atomic E-state index is -0.145. The van der Waals surface area contributed by atoms with Crippen molar-refractivity contribution >= 4 is 5.78 Å². The summed E-state index contributed by atoms with van der Waals surface area (Å²) in [4.78, 5) is 12.4. The van der Waals surface area contributed by atoms with Crippen LogP contribution in [0.25, 0.3) is 0 Å². The molecule has 1 aliphatic heterocycles. The number of aliphatic hydroxyl groups is 1. The number of hydrogen-bond acceptors (Lipinski definition) is 3. The molecule has 1 N–H and O–H groups in total. The van der Waals surface area contributed by atoms with E-state index in [-0.39, 0.29) is 23.4 Å². The standard InChI is InChI=1S/C20H30O3/c1-13-5-7-17(22)14(12-21)11-16-15(19(16,2)3)9-10-20(4)18(23-20)8-6-13/h5,11,15-16,18,21H,6-10,12H2,1-4H3/b13-5+,14-11+/t15-,16-,18?,20?/m1/s1. The van der Waals surface area contributed by atoms with Crippen LogP contribution in [0.5, 0.6) is 0 Å². The first-order chi connectivity index (χ1) is 10.8. The predicted molar refractivity (Wildman–Crippen MR) is 91.1 cm³/mol. The van der Waals surface area contributed by atoms with Crippen LogP contribution in [-0.4, -0.2) is 29.2 Å². The van der Waals surface area contributed by atoms with Crippen LogP contribution in [-0.2, 0) is 9.53 Å². The van der Waals surface area contributed by atoms with Gasteiger partial charge in [0.05, 0.1) is 18.3 Å². The average molecular weight is 318 g/mol. The van der Waals surface area contributed by atoms with Crippen molar-refractivity contribution < 1.29 is 14.6 Å². The Kier molecular flexibility index (Phi) is 4.31. The van der Waals surface area contributed by atoms with Gasteiger partial charge in [-0.1, -0.05) is 31.6 Å². The molecule has 0 amide bonds. The molecule has 0 radical (unpaired) electrons. The third kappa shape index (κ3) is 3.32. The Morgan fingerprint density at radius 3 is 2.74 bits per heavy atom. The number of ketones is 1. The summed E-state index contributed by atoms with van der Waals surface area (Å²) in [5.74, 6) is 1.07. The van der Waals surface area contributed by atoms with E-state index in [2.05, 4.69) is 33.8 Å². The van der Waals surface area contributed by atoms with Gasteiger partial charge in [0.1, 0.15) is 0 Å². The smallest absolute Gasteiger partial charge is 0.164 e. The fourth-order valence-electron chi connectivity index (χ4n) is 4.30. The second kappa shape index (κ2) is 5.86. The molecule has 1 saturated carbocycles. The zero-order valence-corrected chi connectivity index (χ0v) is 14.9. The van der Waals surface area contributed by atoms with Crippen molar-refractivity contribution in [3.63, 3.8) is 0 Å². The summed E-state index contributed by atoms with van der Waals surface area (Å²) in [5, 5.41) is 9.60. The van der Waals surface area contributed by atoms with Crippen molar-refractivity contribution in [2.75, 3.05) is 6.61 Å². The van der Waals surface area contributed by atoms with E-state index in [1.807, 2.05) is 6.08 Å². The molecule has 4 atom stereocenters. The molecule has 128 valence electrons. The van der Waals surface area contributed by atoms with Gasteiger partial charge in [-0.15, -0.1) is 0 Å². The lowest BCUT2D eigenvalue weighted by atomic mass is 9.94. The van der Waals surface area contributed by atoms with Crippen molar-refractivity contribution in [1.29, 1.82) is 0 Å². The molecule has 3 aliphatic rings. The second-order valence-corrected chi connectivity index (χ2v) is 8.48. The third-order valence-electron chi connectivity index (χ3n) is 6.47. The summed E-state index contributed by atoms with van der Waals surface area (Å²) in [6.45, 7) is 8.72. The molecule has 1 heterocycles. The number of carbonyl (C=O) groups is 1. The number of ether oxygens (including phenoxy) is 1. The third-order valence-corrected chi connectivity index (χ3v) is 6.47. The van der Waals surface area contributed by atoms with E-state index in [0.29, 0.717) is 29.9 Å². The van der Waals surface area contributed by atoms with Crippen LogP contribution in [0.3, 0.4) is 0 Å². The highest BCUT2D eigenvalue weighted by Crippen LogP contribution is 2.62. The minimum Gasteiger partial charge on any atom is -0.392 e. The van der Waals surface area contributed by atoms with Crippen molar-refractivity contribution in [3.8, 4) is 0 Å². The van der Waals surface area contributed by atoms with Crippen LogP contribution in [0, 0.1) is 17.3 Å². The van der Waals surface area contributed by atoms with Gasteiger partial charge < -0.3 is 9.84 Å². The van der Waals surface area contributed by atoms with Crippen LogP contribution in [0.1, 0.15) is 59.8 Å². The van der Waals surface area contributed by atoms with Crippen LogP contribution in [0.4, 0.5) is 0 Å². The van der Waals surface area contributed by atoms with Gasteiger partial charge in [0.25, 0.3) is 0 Å². The maximum atomic E-state index is 12.4. The van der Waals surface area contributed by atoms with Gasteiger partial charge in [-0.3, -0.25) is 4.79 Å². The number of carbonyl (C=O) groups excluding carboxylic acids is 1. The quantitative estimate of drug-likeness (QED) is 0.591. The van der Waals surface area contributed by atoms with Crippen molar-refractivity contribution in [3.05, 3.63) is 23.3 Å². The summed E-state index contributed by atoms with van der Waals surface area (Å²) in [6.07, 6.45) is 9.13. The summed E-state index contributed by atoms with van der Waals surface area (Å²) < 4.78 is 5.98. The molecule has 0 spiro atoms. The number of rotatable bonds is 1. The normalized spacial score (nSPS) is 44.7. The number of hydrogen-bond donors (Lipinski definition) is 1. The zero-order valence-electron chi connectivity index (χ0n) is 14.9. The first kappa shape index (κ1) is 16.9. The molecule has 0 aromatic rings. The summed E-state index contributed by atoms with van der Waals surface area (Å²) in [7, 11) is 0. The topological polar surface area (TPSA) is 49.8 Å². The summed E-state index contributed by atoms with van der Waals surface area (Å²) >= 11 is 0. The maximum Gasteiger partial charge on any atom is 0.164 e. The van der Waals surface area contributed by atoms with Crippen LogP contribution >= 0.6 is 0 Å². The second-order valence-electron chi connectivity index (χ2n) is 8.48. The molecule has 2 fully saturated rings. The molecule has 3 heteroatoms. The number of aliphatic hydroxyl groups excluding tert-OH is 1. The molecule has 0 bridgehead atoms. The first-order valence-corrected chi connectivity index (χ1v) is 8.96. The lowest BCUT2D eigenvalue weighted by Gasteiger charge is -2.08. The SMILES string of the molecule is C/C1=C\CC(=O)/C(CO)=C/[C@@H]2[C@@H](CCC3(C)OC3CC1)C2(C)C. The number of allylic oxidation sites excluding steroid dienone is 3. The molecule has 3 nitrogen and oxygen atoms in total. The maximum absolute atomic E-state index is 12.4. The van der Waals surface area contributed by atoms with Crippen molar-refractivity contribution in [2.24, 2.45) is 17.3 Å². The molecular formula is C20H30O3. The Balaban J connectivity index is 1.80. The van der Waals surface area contributed by atoms with Crippen LogP contribution in [0.2, 0.25) is 0 Å². The largest absolute Gasteiger partial charge is 0.392 e. The fourth-order valence-corrected chi connectivity index (χ4v) is 4.30. The molecule has 2 aliphatic carbocycles. The van der Waals surface area contributed by atoms with Gasteiger partial charge in [-0.2, -0.15) is 0 Å². The van der Waals surface area contributed by atoms with Crippen molar-refractivity contribution in [1.82, 2.24) is 0 Å². The van der Waals surface area contributed by atoms with E-state index in [0.717, 1.165) is 25.7 Å². The summed E-state index contributed by atoms with van der Waals surface area (Å²) in [6, 6.07) is 0. The van der Waals surface area contributed by atoms with E-state index in [9.17, 15) is 9.90 Å². The van der Waals surface area contributed by atoms with E-state index in [1.165, 1.54) is 5.57 Å². The van der Waals surface area contributed by atoms with Gasteiger partial charge in [0, 0.05) is 12.0 Å². The molecule has 3 rings (SSSR count). The number of epoxide rings is 1. The van der Waals surface area contributed by atoms with Gasteiger partial charge >= 0.3 is 0 Å². The zero-order chi connectivity index (χ0) is 16.8.